The second-order valence-electron chi connectivity index (χ2n) is 3.71. The largest absolute Gasteiger partial charge is 0.259 e. The molecule has 0 saturated carbocycles. The number of nitrogens with zero attached hydrogens (tertiary/aromatic N) is 4. The average Bonchev–Trinajstić information content (AvgIpc) is 2.57. The monoisotopic (exact) mass is 236 g/mol. The van der Waals surface area contributed by atoms with Crippen molar-refractivity contribution in [2.45, 2.75) is 26.7 Å². The molecule has 0 fully saturated rings. The van der Waals surface area contributed by atoms with Gasteiger partial charge in [-0.25, -0.2) is 9.67 Å². The Morgan fingerprint density at radius 2 is 2.00 bits per heavy atom. The van der Waals surface area contributed by atoms with Crippen LogP contribution in [0.3, 0.4) is 0 Å². The van der Waals surface area contributed by atoms with E-state index >= 15 is 0 Å². The van der Waals surface area contributed by atoms with Crippen LogP contribution in [-0.4, -0.2) is 19.7 Å². The smallest absolute Gasteiger partial charge is 0.172 e. The fourth-order valence-electron chi connectivity index (χ4n) is 1.50. The molecule has 2 aromatic heterocycles. The highest BCUT2D eigenvalue weighted by Gasteiger charge is 2.10. The van der Waals surface area contributed by atoms with Crippen molar-refractivity contribution >= 4 is 11.6 Å². The summed E-state index contributed by atoms with van der Waals surface area (Å²) >= 11 is 5.73. The number of halogens is 1. The van der Waals surface area contributed by atoms with Crippen LogP contribution >= 0.6 is 11.6 Å². The minimum Gasteiger partial charge on any atom is -0.259 e. The summed E-state index contributed by atoms with van der Waals surface area (Å²) in [7, 11) is 0. The van der Waals surface area contributed by atoms with E-state index < -0.39 is 0 Å². The summed E-state index contributed by atoms with van der Waals surface area (Å²) in [6.07, 6.45) is 3.35. The number of alkyl halides is 1. The molecule has 16 heavy (non-hydrogen) atoms. The summed E-state index contributed by atoms with van der Waals surface area (Å²) < 4.78 is 1.80. The van der Waals surface area contributed by atoms with Crippen LogP contribution in [0, 0.1) is 20.8 Å². The van der Waals surface area contributed by atoms with Gasteiger partial charge in [0.2, 0.25) is 0 Å². The Kier molecular flexibility index (Phi) is 2.92. The molecule has 0 atom stereocenters. The van der Waals surface area contributed by atoms with E-state index in [-0.39, 0.29) is 0 Å². The number of hydrogen-bond acceptors (Lipinski definition) is 3. The Hall–Kier alpha value is -1.42. The minimum absolute atomic E-state index is 0.360. The number of aryl methyl sites for hydroxylation is 1. The molecule has 4 nitrogen and oxygen atoms in total. The standard InChI is InChI=1S/C11H13ClN4/c1-7-8(2)15-16(9(7)3)11-6-13-5-10(4-12)14-11/h5-6H,4H2,1-3H3. The summed E-state index contributed by atoms with van der Waals surface area (Å²) in [5, 5.41) is 4.43. The summed E-state index contributed by atoms with van der Waals surface area (Å²) in [4.78, 5) is 8.49. The molecule has 2 aromatic rings. The number of aromatic nitrogens is 4. The molecule has 2 heterocycles. The first-order valence-corrected chi connectivity index (χ1v) is 5.57. The van der Waals surface area contributed by atoms with E-state index in [4.69, 9.17) is 11.6 Å². The molecule has 0 bridgehead atoms. The SMILES string of the molecule is Cc1nn(-c2cncc(CCl)n2)c(C)c1C. The lowest BCUT2D eigenvalue weighted by Crippen LogP contribution is -2.04. The Labute approximate surface area is 99.3 Å². The van der Waals surface area contributed by atoms with Crippen molar-refractivity contribution in [3.8, 4) is 5.82 Å². The number of rotatable bonds is 2. The zero-order chi connectivity index (χ0) is 11.7. The third-order valence-corrected chi connectivity index (χ3v) is 2.95. The normalized spacial score (nSPS) is 10.8. The van der Waals surface area contributed by atoms with Crippen LogP contribution in [0.2, 0.25) is 0 Å². The summed E-state index contributed by atoms with van der Waals surface area (Å²) in [5.74, 6) is 1.07. The van der Waals surface area contributed by atoms with E-state index in [0.29, 0.717) is 11.7 Å². The first-order chi connectivity index (χ1) is 7.63. The van der Waals surface area contributed by atoms with Crippen LogP contribution in [0.4, 0.5) is 0 Å². The average molecular weight is 237 g/mol. The predicted molar refractivity (Wildman–Crippen MR) is 62.9 cm³/mol. The van der Waals surface area contributed by atoms with Crippen molar-refractivity contribution in [3.63, 3.8) is 0 Å². The maximum atomic E-state index is 5.73. The van der Waals surface area contributed by atoms with Crippen LogP contribution in [0.5, 0.6) is 0 Å². The van der Waals surface area contributed by atoms with Gasteiger partial charge in [0.15, 0.2) is 5.82 Å². The highest BCUT2D eigenvalue weighted by molar-refractivity contribution is 6.16. The van der Waals surface area contributed by atoms with Gasteiger partial charge in [-0.1, -0.05) is 0 Å². The van der Waals surface area contributed by atoms with Crippen LogP contribution in [0.1, 0.15) is 22.6 Å². The predicted octanol–water partition coefficient (Wildman–Crippen LogP) is 2.33. The van der Waals surface area contributed by atoms with Gasteiger partial charge >= 0.3 is 0 Å². The van der Waals surface area contributed by atoms with Crippen molar-refractivity contribution in [3.05, 3.63) is 35.0 Å². The second-order valence-corrected chi connectivity index (χ2v) is 3.98. The van der Waals surface area contributed by atoms with Gasteiger partial charge in [0.05, 0.1) is 23.5 Å². The van der Waals surface area contributed by atoms with Gasteiger partial charge in [-0.15, -0.1) is 11.6 Å². The Morgan fingerprint density at radius 3 is 2.56 bits per heavy atom. The maximum absolute atomic E-state index is 5.73. The topological polar surface area (TPSA) is 43.6 Å². The van der Waals surface area contributed by atoms with Gasteiger partial charge in [0.25, 0.3) is 0 Å². The van der Waals surface area contributed by atoms with E-state index in [1.165, 1.54) is 5.56 Å². The second kappa shape index (κ2) is 4.22. The lowest BCUT2D eigenvalue weighted by atomic mass is 10.2. The molecule has 0 unspecified atom stereocenters. The van der Waals surface area contributed by atoms with Crippen LogP contribution in [-0.2, 0) is 5.88 Å². The van der Waals surface area contributed by atoms with E-state index in [1.807, 2.05) is 20.8 Å². The fraction of sp³-hybridized carbons (Fsp3) is 0.364. The molecule has 0 radical (unpaired) electrons. The summed E-state index contributed by atoms with van der Waals surface area (Å²) in [5.41, 5.74) is 4.02. The van der Waals surface area contributed by atoms with E-state index in [9.17, 15) is 0 Å². The van der Waals surface area contributed by atoms with Crippen LogP contribution in [0.15, 0.2) is 12.4 Å². The third kappa shape index (κ3) is 1.80. The summed E-state index contributed by atoms with van der Waals surface area (Å²) in [6, 6.07) is 0. The van der Waals surface area contributed by atoms with E-state index in [2.05, 4.69) is 15.1 Å². The third-order valence-electron chi connectivity index (χ3n) is 2.68. The van der Waals surface area contributed by atoms with Crippen molar-refractivity contribution in [2.75, 3.05) is 0 Å². The fourth-order valence-corrected chi connectivity index (χ4v) is 1.63. The first kappa shape index (κ1) is 11.1. The molecular formula is C11H13ClN4. The minimum atomic E-state index is 0.360. The highest BCUT2D eigenvalue weighted by Crippen LogP contribution is 2.15. The molecular weight excluding hydrogens is 224 g/mol. The molecule has 0 spiro atoms. The van der Waals surface area contributed by atoms with Gasteiger partial charge in [0.1, 0.15) is 0 Å². The van der Waals surface area contributed by atoms with Crippen LogP contribution < -0.4 is 0 Å². The van der Waals surface area contributed by atoms with Gasteiger partial charge in [-0.2, -0.15) is 5.10 Å². The molecule has 5 heteroatoms. The maximum Gasteiger partial charge on any atom is 0.172 e. The molecule has 0 aliphatic heterocycles. The Bertz CT molecular complexity index is 519. The van der Waals surface area contributed by atoms with Crippen LogP contribution in [0.25, 0.3) is 5.82 Å². The van der Waals surface area contributed by atoms with Gasteiger partial charge in [0, 0.05) is 11.9 Å². The molecule has 84 valence electrons. The molecule has 0 N–H and O–H groups in total. The van der Waals surface area contributed by atoms with Crippen molar-refractivity contribution in [2.24, 2.45) is 0 Å². The van der Waals surface area contributed by atoms with Gasteiger partial charge < -0.3 is 0 Å². The van der Waals surface area contributed by atoms with E-state index in [0.717, 1.165) is 17.1 Å². The quantitative estimate of drug-likeness (QED) is 0.752. The van der Waals surface area contributed by atoms with Gasteiger partial charge in [-0.05, 0) is 26.3 Å². The van der Waals surface area contributed by atoms with Gasteiger partial charge in [-0.3, -0.25) is 4.98 Å². The number of hydrogen-bond donors (Lipinski definition) is 0. The lowest BCUT2D eigenvalue weighted by molar-refractivity contribution is 0.792. The highest BCUT2D eigenvalue weighted by atomic mass is 35.5. The van der Waals surface area contributed by atoms with Crippen molar-refractivity contribution in [1.29, 1.82) is 0 Å². The Morgan fingerprint density at radius 1 is 1.25 bits per heavy atom. The van der Waals surface area contributed by atoms with Crippen molar-refractivity contribution < 1.29 is 0 Å². The Balaban J connectivity index is 2.54. The first-order valence-electron chi connectivity index (χ1n) is 5.03. The molecule has 0 saturated heterocycles. The van der Waals surface area contributed by atoms with Crippen molar-refractivity contribution in [1.82, 2.24) is 19.7 Å². The zero-order valence-electron chi connectivity index (χ0n) is 9.53. The lowest BCUT2D eigenvalue weighted by Gasteiger charge is -2.04. The molecule has 0 aliphatic carbocycles. The molecule has 0 aromatic carbocycles. The summed E-state index contributed by atoms with van der Waals surface area (Å²) in [6.45, 7) is 6.05. The molecule has 0 amide bonds. The molecule has 2 rings (SSSR count). The zero-order valence-corrected chi connectivity index (χ0v) is 10.3. The van der Waals surface area contributed by atoms with E-state index in [1.54, 1.807) is 17.1 Å². The molecule has 0 aliphatic rings.